The first-order chi connectivity index (χ1) is 11.6. The van der Waals surface area contributed by atoms with Crippen LogP contribution in [0.1, 0.15) is 11.8 Å². The number of H-pyrrole nitrogens is 1. The van der Waals surface area contributed by atoms with Crippen LogP contribution in [0.3, 0.4) is 0 Å². The number of hydrogen-bond acceptors (Lipinski definition) is 5. The van der Waals surface area contributed by atoms with Crippen molar-refractivity contribution in [1.82, 2.24) is 9.97 Å². The SMILES string of the molecule is CCN(C(=O)CSc1nc2sc(C)cc2c(=O)[nH]1)c1ccccc1. The molecule has 2 heterocycles. The molecule has 0 aliphatic heterocycles. The van der Waals surface area contributed by atoms with Crippen LogP contribution < -0.4 is 10.5 Å². The fourth-order valence-corrected chi connectivity index (χ4v) is 4.09. The Hall–Kier alpha value is -2.12. The molecule has 1 N–H and O–H groups in total. The maximum atomic E-state index is 12.5. The Morgan fingerprint density at radius 3 is 2.79 bits per heavy atom. The van der Waals surface area contributed by atoms with Crippen molar-refractivity contribution < 1.29 is 4.79 Å². The van der Waals surface area contributed by atoms with Crippen molar-refractivity contribution in [2.75, 3.05) is 17.2 Å². The van der Waals surface area contributed by atoms with Crippen molar-refractivity contribution in [3.8, 4) is 0 Å². The van der Waals surface area contributed by atoms with E-state index in [-0.39, 0.29) is 17.2 Å². The van der Waals surface area contributed by atoms with E-state index in [1.165, 1.54) is 23.1 Å². The second-order valence-electron chi connectivity index (χ2n) is 5.21. The predicted octanol–water partition coefficient (Wildman–Crippen LogP) is 3.44. The third-order valence-corrected chi connectivity index (χ3v) is 5.32. The fourth-order valence-electron chi connectivity index (χ4n) is 2.42. The number of thiophene rings is 1. The number of carbonyl (C=O) groups is 1. The summed E-state index contributed by atoms with van der Waals surface area (Å²) < 4.78 is 0. The molecular formula is C17H17N3O2S2. The van der Waals surface area contributed by atoms with Crippen LogP contribution in [0.2, 0.25) is 0 Å². The van der Waals surface area contributed by atoms with E-state index >= 15 is 0 Å². The van der Waals surface area contributed by atoms with Crippen molar-refractivity contribution in [2.45, 2.75) is 19.0 Å². The first kappa shape index (κ1) is 16.7. The Morgan fingerprint density at radius 2 is 2.08 bits per heavy atom. The zero-order valence-corrected chi connectivity index (χ0v) is 15.0. The molecule has 0 unspecified atom stereocenters. The van der Waals surface area contributed by atoms with E-state index in [2.05, 4.69) is 9.97 Å². The molecule has 0 radical (unpaired) electrons. The second kappa shape index (κ2) is 7.19. The Kier molecular flexibility index (Phi) is 5.01. The molecular weight excluding hydrogens is 342 g/mol. The number of benzene rings is 1. The smallest absolute Gasteiger partial charge is 0.260 e. The van der Waals surface area contributed by atoms with Gasteiger partial charge in [0.1, 0.15) is 4.83 Å². The van der Waals surface area contributed by atoms with E-state index in [4.69, 9.17) is 0 Å². The van der Waals surface area contributed by atoms with Crippen molar-refractivity contribution >= 4 is 44.9 Å². The molecule has 24 heavy (non-hydrogen) atoms. The third kappa shape index (κ3) is 3.52. The van der Waals surface area contributed by atoms with Gasteiger partial charge in [0, 0.05) is 17.1 Å². The zero-order valence-electron chi connectivity index (χ0n) is 13.4. The van der Waals surface area contributed by atoms with Crippen LogP contribution in [0.4, 0.5) is 5.69 Å². The summed E-state index contributed by atoms with van der Waals surface area (Å²) in [6.07, 6.45) is 0. The van der Waals surface area contributed by atoms with Crippen LogP contribution in [0.25, 0.3) is 10.2 Å². The molecule has 0 bridgehead atoms. The molecule has 0 saturated heterocycles. The lowest BCUT2D eigenvalue weighted by Gasteiger charge is -2.20. The van der Waals surface area contributed by atoms with E-state index in [0.29, 0.717) is 21.9 Å². The van der Waals surface area contributed by atoms with Crippen LogP contribution in [-0.4, -0.2) is 28.2 Å². The maximum absolute atomic E-state index is 12.5. The highest BCUT2D eigenvalue weighted by Crippen LogP contribution is 2.23. The summed E-state index contributed by atoms with van der Waals surface area (Å²) in [7, 11) is 0. The largest absolute Gasteiger partial charge is 0.312 e. The third-order valence-electron chi connectivity index (χ3n) is 3.52. The summed E-state index contributed by atoms with van der Waals surface area (Å²) in [5, 5.41) is 1.08. The number of amides is 1. The highest BCUT2D eigenvalue weighted by Gasteiger charge is 2.15. The number of hydrogen-bond donors (Lipinski definition) is 1. The molecule has 5 nitrogen and oxygen atoms in total. The number of aromatic nitrogens is 2. The van der Waals surface area contributed by atoms with E-state index in [9.17, 15) is 9.59 Å². The number of anilines is 1. The van der Waals surface area contributed by atoms with Crippen molar-refractivity contribution in [3.63, 3.8) is 0 Å². The van der Waals surface area contributed by atoms with Gasteiger partial charge in [0.05, 0.1) is 11.1 Å². The van der Waals surface area contributed by atoms with Gasteiger partial charge in [-0.1, -0.05) is 30.0 Å². The lowest BCUT2D eigenvalue weighted by molar-refractivity contribution is -0.116. The molecule has 1 amide bonds. The normalized spacial score (nSPS) is 10.9. The minimum atomic E-state index is -0.158. The van der Waals surface area contributed by atoms with E-state index in [0.717, 1.165) is 10.6 Å². The van der Waals surface area contributed by atoms with Crippen LogP contribution in [0.15, 0.2) is 46.3 Å². The number of carbonyl (C=O) groups excluding carboxylic acids is 1. The number of para-hydroxylation sites is 1. The topological polar surface area (TPSA) is 66.1 Å². The predicted molar refractivity (Wildman–Crippen MR) is 100 cm³/mol. The summed E-state index contributed by atoms with van der Waals surface area (Å²) in [6, 6.07) is 11.4. The number of thioether (sulfide) groups is 1. The fraction of sp³-hybridized carbons (Fsp3) is 0.235. The number of aryl methyl sites for hydroxylation is 1. The van der Waals surface area contributed by atoms with Gasteiger partial charge >= 0.3 is 0 Å². The highest BCUT2D eigenvalue weighted by atomic mass is 32.2. The first-order valence-corrected chi connectivity index (χ1v) is 9.37. The van der Waals surface area contributed by atoms with Gasteiger partial charge in [-0.2, -0.15) is 0 Å². The van der Waals surface area contributed by atoms with Gasteiger partial charge in [-0.05, 0) is 32.0 Å². The molecule has 0 aliphatic rings. The van der Waals surface area contributed by atoms with Crippen LogP contribution in [0, 0.1) is 6.92 Å². The zero-order chi connectivity index (χ0) is 17.1. The van der Waals surface area contributed by atoms with E-state index in [1.54, 1.807) is 4.90 Å². The minimum Gasteiger partial charge on any atom is -0.312 e. The van der Waals surface area contributed by atoms with Gasteiger partial charge in [-0.3, -0.25) is 9.59 Å². The average molecular weight is 359 g/mol. The molecule has 0 fully saturated rings. The van der Waals surface area contributed by atoms with Gasteiger partial charge in [0.15, 0.2) is 5.16 Å². The number of aromatic amines is 1. The monoisotopic (exact) mass is 359 g/mol. The van der Waals surface area contributed by atoms with Gasteiger partial charge in [-0.15, -0.1) is 11.3 Å². The van der Waals surface area contributed by atoms with Gasteiger partial charge in [-0.25, -0.2) is 4.98 Å². The van der Waals surface area contributed by atoms with Gasteiger partial charge < -0.3 is 9.88 Å². The number of rotatable bonds is 5. The Labute approximate surface area is 147 Å². The lowest BCUT2D eigenvalue weighted by atomic mass is 10.3. The summed E-state index contributed by atoms with van der Waals surface area (Å²) in [5.74, 6) is 0.209. The summed E-state index contributed by atoms with van der Waals surface area (Å²) in [5.41, 5.74) is 0.714. The lowest BCUT2D eigenvalue weighted by Crippen LogP contribution is -2.32. The second-order valence-corrected chi connectivity index (χ2v) is 7.41. The molecule has 124 valence electrons. The van der Waals surface area contributed by atoms with E-state index in [1.807, 2.05) is 50.2 Å². The number of fused-ring (bicyclic) bond motifs is 1. The number of nitrogens with one attached hydrogen (secondary N) is 1. The first-order valence-electron chi connectivity index (χ1n) is 7.57. The molecule has 0 aliphatic carbocycles. The quantitative estimate of drug-likeness (QED) is 0.560. The highest BCUT2D eigenvalue weighted by molar-refractivity contribution is 7.99. The standard InChI is InChI=1S/C17H17N3O2S2/c1-3-20(12-7-5-4-6-8-12)14(21)10-23-17-18-15(22)13-9-11(2)24-16(13)19-17/h4-9H,3,10H2,1-2H3,(H,18,19,22). The summed E-state index contributed by atoms with van der Waals surface area (Å²) >= 11 is 2.74. The van der Waals surface area contributed by atoms with E-state index < -0.39 is 0 Å². The summed E-state index contributed by atoms with van der Waals surface area (Å²) in [4.78, 5) is 35.2. The minimum absolute atomic E-state index is 0.0150. The van der Waals surface area contributed by atoms with Crippen LogP contribution in [-0.2, 0) is 4.79 Å². The van der Waals surface area contributed by atoms with Crippen molar-refractivity contribution in [1.29, 1.82) is 0 Å². The molecule has 2 aromatic heterocycles. The molecule has 0 spiro atoms. The van der Waals surface area contributed by atoms with Crippen molar-refractivity contribution in [2.24, 2.45) is 0 Å². The molecule has 0 atom stereocenters. The molecule has 3 rings (SSSR count). The van der Waals surface area contributed by atoms with Crippen molar-refractivity contribution in [3.05, 3.63) is 51.6 Å². The average Bonchev–Trinajstić information content (AvgIpc) is 2.95. The molecule has 1 aromatic carbocycles. The van der Waals surface area contributed by atoms with Gasteiger partial charge in [0.2, 0.25) is 5.91 Å². The van der Waals surface area contributed by atoms with Gasteiger partial charge in [0.25, 0.3) is 5.56 Å². The maximum Gasteiger partial charge on any atom is 0.260 e. The molecule has 7 heteroatoms. The Balaban J connectivity index is 1.75. The molecule has 0 saturated carbocycles. The Bertz CT molecular complexity index is 918. The molecule has 3 aromatic rings. The Morgan fingerprint density at radius 1 is 1.33 bits per heavy atom. The summed E-state index contributed by atoms with van der Waals surface area (Å²) in [6.45, 7) is 4.48. The number of nitrogens with zero attached hydrogens (tertiary/aromatic N) is 2. The van der Waals surface area contributed by atoms with Crippen LogP contribution >= 0.6 is 23.1 Å². The van der Waals surface area contributed by atoms with Crippen LogP contribution in [0.5, 0.6) is 0 Å².